The number of anilines is 4. The SMILES string of the molecule is C=CC(=O)Nc1cc(C)c(S(=O)(=O)n2nc(Nc3ccc(Cl)cc3)nc2N)c(C)c1. The second-order valence-electron chi connectivity index (χ2n) is 6.41. The lowest BCUT2D eigenvalue weighted by molar-refractivity contribution is -0.111. The first-order valence-corrected chi connectivity index (χ1v) is 10.5. The highest BCUT2D eigenvalue weighted by atomic mass is 35.5. The molecule has 30 heavy (non-hydrogen) atoms. The van der Waals surface area contributed by atoms with Crippen LogP contribution in [0.25, 0.3) is 0 Å². The fourth-order valence-corrected chi connectivity index (χ4v) is 4.61. The van der Waals surface area contributed by atoms with Gasteiger partial charge in [0.15, 0.2) is 0 Å². The molecule has 156 valence electrons. The van der Waals surface area contributed by atoms with Crippen LogP contribution in [0.5, 0.6) is 0 Å². The third-order valence-electron chi connectivity index (χ3n) is 4.10. The Morgan fingerprint density at radius 1 is 1.17 bits per heavy atom. The van der Waals surface area contributed by atoms with Gasteiger partial charge in [-0.05, 0) is 67.4 Å². The predicted molar refractivity (Wildman–Crippen MR) is 116 cm³/mol. The van der Waals surface area contributed by atoms with Crippen molar-refractivity contribution in [2.24, 2.45) is 0 Å². The Bertz CT molecular complexity index is 1210. The predicted octanol–water partition coefficient (Wildman–Crippen LogP) is 3.24. The van der Waals surface area contributed by atoms with Crippen LogP contribution >= 0.6 is 11.6 Å². The molecule has 4 N–H and O–H groups in total. The summed E-state index contributed by atoms with van der Waals surface area (Å²) in [6.45, 7) is 6.62. The number of halogens is 1. The fraction of sp³-hybridized carbons (Fsp3) is 0.105. The van der Waals surface area contributed by atoms with Gasteiger partial charge in [-0.3, -0.25) is 4.79 Å². The van der Waals surface area contributed by atoms with Crippen molar-refractivity contribution in [2.45, 2.75) is 18.7 Å². The molecule has 0 radical (unpaired) electrons. The zero-order valence-corrected chi connectivity index (χ0v) is 17.8. The van der Waals surface area contributed by atoms with Crippen LogP contribution in [0, 0.1) is 13.8 Å². The summed E-state index contributed by atoms with van der Waals surface area (Å²) in [6, 6.07) is 9.81. The molecule has 0 aliphatic carbocycles. The minimum Gasteiger partial charge on any atom is -0.367 e. The zero-order valence-electron chi connectivity index (χ0n) is 16.2. The van der Waals surface area contributed by atoms with E-state index >= 15 is 0 Å². The van der Waals surface area contributed by atoms with E-state index in [0.717, 1.165) is 6.08 Å². The minimum absolute atomic E-state index is 0.0172. The number of nitrogens with two attached hydrogens (primary N) is 1. The number of amides is 1. The van der Waals surface area contributed by atoms with Gasteiger partial charge in [0, 0.05) is 16.4 Å². The van der Waals surface area contributed by atoms with Crippen LogP contribution in [0.2, 0.25) is 5.02 Å². The number of benzene rings is 2. The molecule has 9 nitrogen and oxygen atoms in total. The van der Waals surface area contributed by atoms with Crippen LogP contribution in [0.3, 0.4) is 0 Å². The quantitative estimate of drug-likeness (QED) is 0.495. The molecule has 0 spiro atoms. The van der Waals surface area contributed by atoms with Crippen molar-refractivity contribution < 1.29 is 13.2 Å². The maximum absolute atomic E-state index is 13.2. The first-order chi connectivity index (χ1) is 14.1. The minimum atomic E-state index is -4.14. The number of nitrogens with one attached hydrogen (secondary N) is 2. The summed E-state index contributed by atoms with van der Waals surface area (Å²) < 4.78 is 27.1. The topological polar surface area (TPSA) is 132 Å². The normalized spacial score (nSPS) is 11.2. The van der Waals surface area contributed by atoms with E-state index in [0.29, 0.717) is 31.6 Å². The molecule has 0 atom stereocenters. The Labute approximate surface area is 178 Å². The van der Waals surface area contributed by atoms with Gasteiger partial charge in [-0.25, -0.2) is 0 Å². The van der Waals surface area contributed by atoms with Crippen LogP contribution < -0.4 is 16.4 Å². The summed E-state index contributed by atoms with van der Waals surface area (Å²) in [5.41, 5.74) is 7.73. The van der Waals surface area contributed by atoms with E-state index in [2.05, 4.69) is 27.3 Å². The van der Waals surface area contributed by atoms with Crippen molar-refractivity contribution in [2.75, 3.05) is 16.4 Å². The van der Waals surface area contributed by atoms with Crippen LogP contribution in [-0.4, -0.2) is 28.5 Å². The van der Waals surface area contributed by atoms with Crippen LogP contribution in [0.15, 0.2) is 53.9 Å². The van der Waals surface area contributed by atoms with Crippen LogP contribution in [-0.2, 0) is 14.8 Å². The van der Waals surface area contributed by atoms with Gasteiger partial charge in [0.25, 0.3) is 10.0 Å². The lowest BCUT2D eigenvalue weighted by atomic mass is 10.1. The van der Waals surface area contributed by atoms with Gasteiger partial charge in [-0.1, -0.05) is 18.2 Å². The van der Waals surface area contributed by atoms with Gasteiger partial charge in [-0.15, -0.1) is 9.19 Å². The van der Waals surface area contributed by atoms with E-state index in [1.165, 1.54) is 0 Å². The summed E-state index contributed by atoms with van der Waals surface area (Å²) in [5, 5.41) is 10.0. The molecule has 0 bridgehead atoms. The average Bonchev–Trinajstić information content (AvgIpc) is 3.03. The number of hydrogen-bond acceptors (Lipinski definition) is 7. The first-order valence-electron chi connectivity index (χ1n) is 8.67. The lowest BCUT2D eigenvalue weighted by Gasteiger charge is -2.13. The summed E-state index contributed by atoms with van der Waals surface area (Å²) >= 11 is 5.86. The third kappa shape index (κ3) is 4.29. The lowest BCUT2D eigenvalue weighted by Crippen LogP contribution is -2.19. The van der Waals surface area contributed by atoms with E-state index in [-0.39, 0.29) is 16.8 Å². The molecular weight excluding hydrogens is 428 g/mol. The van der Waals surface area contributed by atoms with E-state index in [1.54, 1.807) is 50.2 Å². The van der Waals surface area contributed by atoms with Crippen molar-refractivity contribution in [3.05, 3.63) is 65.2 Å². The van der Waals surface area contributed by atoms with Gasteiger partial charge in [-0.2, -0.15) is 13.4 Å². The van der Waals surface area contributed by atoms with Crippen LogP contribution in [0.4, 0.5) is 23.3 Å². The largest absolute Gasteiger partial charge is 0.367 e. The van der Waals surface area contributed by atoms with Gasteiger partial charge in [0.2, 0.25) is 17.8 Å². The Kier molecular flexibility index (Phi) is 5.81. The van der Waals surface area contributed by atoms with E-state index in [4.69, 9.17) is 17.3 Å². The highest BCUT2D eigenvalue weighted by molar-refractivity contribution is 7.90. The molecule has 3 aromatic rings. The Balaban J connectivity index is 1.97. The van der Waals surface area contributed by atoms with E-state index in [9.17, 15) is 13.2 Å². The van der Waals surface area contributed by atoms with Gasteiger partial charge >= 0.3 is 0 Å². The Hall–Kier alpha value is -3.37. The average molecular weight is 447 g/mol. The molecule has 3 rings (SSSR count). The van der Waals surface area contributed by atoms with Crippen molar-refractivity contribution in [1.29, 1.82) is 0 Å². The van der Waals surface area contributed by atoms with Crippen molar-refractivity contribution in [3.8, 4) is 0 Å². The second kappa shape index (κ2) is 8.17. The molecule has 1 aromatic heterocycles. The molecular formula is C19H19ClN6O3S. The number of carbonyl (C=O) groups excluding carboxylic acids is 1. The highest BCUT2D eigenvalue weighted by Gasteiger charge is 2.27. The molecule has 1 amide bonds. The highest BCUT2D eigenvalue weighted by Crippen LogP contribution is 2.28. The third-order valence-corrected chi connectivity index (χ3v) is 6.24. The number of hydrogen-bond donors (Lipinski definition) is 3. The van der Waals surface area contributed by atoms with Crippen molar-refractivity contribution in [1.82, 2.24) is 14.2 Å². The molecule has 11 heteroatoms. The summed E-state index contributed by atoms with van der Waals surface area (Å²) in [5.74, 6) is -0.680. The number of carbonyl (C=O) groups is 1. The number of aromatic nitrogens is 3. The monoisotopic (exact) mass is 446 g/mol. The smallest absolute Gasteiger partial charge is 0.286 e. The number of aryl methyl sites for hydroxylation is 2. The maximum atomic E-state index is 13.2. The van der Waals surface area contributed by atoms with Crippen molar-refractivity contribution >= 4 is 50.8 Å². The molecule has 0 saturated carbocycles. The molecule has 2 aromatic carbocycles. The summed E-state index contributed by atoms with van der Waals surface area (Å²) in [7, 11) is -4.14. The molecule has 0 saturated heterocycles. The van der Waals surface area contributed by atoms with Crippen molar-refractivity contribution in [3.63, 3.8) is 0 Å². The van der Waals surface area contributed by atoms with E-state index < -0.39 is 15.9 Å². The van der Waals surface area contributed by atoms with Crippen LogP contribution in [0.1, 0.15) is 11.1 Å². The fourth-order valence-electron chi connectivity index (χ4n) is 2.91. The zero-order chi connectivity index (χ0) is 22.1. The summed E-state index contributed by atoms with van der Waals surface area (Å²) in [4.78, 5) is 15.5. The number of rotatable bonds is 6. The first kappa shape index (κ1) is 21.3. The molecule has 0 aliphatic heterocycles. The van der Waals surface area contributed by atoms with Gasteiger partial charge in [0.05, 0.1) is 4.90 Å². The summed E-state index contributed by atoms with van der Waals surface area (Å²) in [6.07, 6.45) is 1.13. The Morgan fingerprint density at radius 3 is 2.33 bits per heavy atom. The standard InChI is InChI=1S/C19H19ClN6O3S/c1-4-16(27)22-15-9-11(2)17(12(3)10-15)30(28,29)26-18(21)24-19(25-26)23-14-7-5-13(20)6-8-14/h4-10H,1H2,2-3H3,(H,22,27)(H3,21,23,24,25). The molecule has 0 unspecified atom stereocenters. The second-order valence-corrected chi connectivity index (χ2v) is 8.55. The van der Waals surface area contributed by atoms with E-state index in [1.807, 2.05) is 0 Å². The van der Waals surface area contributed by atoms with Gasteiger partial charge < -0.3 is 16.4 Å². The number of nitrogens with zero attached hydrogens (tertiary/aromatic N) is 3. The Morgan fingerprint density at radius 2 is 1.77 bits per heavy atom. The molecule has 1 heterocycles. The maximum Gasteiger partial charge on any atom is 0.286 e. The molecule has 0 fully saturated rings. The molecule has 0 aliphatic rings. The van der Waals surface area contributed by atoms with Gasteiger partial charge in [0.1, 0.15) is 0 Å². The number of nitrogen functional groups attached to an aromatic ring is 1.